The molecular weight excluding hydrogens is 182 g/mol. The first-order chi connectivity index (χ1) is 6.15. The van der Waals surface area contributed by atoms with Gasteiger partial charge in [0.1, 0.15) is 0 Å². The smallest absolute Gasteiger partial charge is 0.283 e. The molecule has 0 bridgehead atoms. The molecule has 0 fully saturated rings. The number of carbonyl (C=O) groups excluding carboxylic acids is 1. The number of aryl methyl sites for hydroxylation is 2. The minimum absolute atomic E-state index is 0.0163. The van der Waals surface area contributed by atoms with E-state index < -0.39 is 0 Å². The van der Waals surface area contributed by atoms with Gasteiger partial charge in [0, 0.05) is 11.9 Å². The molecule has 0 spiro atoms. The van der Waals surface area contributed by atoms with Crippen molar-refractivity contribution in [3.05, 3.63) is 29.3 Å². The summed E-state index contributed by atoms with van der Waals surface area (Å²) >= 11 is 1.25. The number of carbonyl (C=O) groups is 1. The maximum atomic E-state index is 11.1. The Kier molecular flexibility index (Phi) is 3.37. The highest BCUT2D eigenvalue weighted by molar-refractivity contribution is 8.13. The topological polar surface area (TPSA) is 29.1 Å². The zero-order chi connectivity index (χ0) is 9.84. The van der Waals surface area contributed by atoms with Crippen LogP contribution in [0.1, 0.15) is 11.1 Å². The third kappa shape index (κ3) is 2.49. The number of hydrogen-bond acceptors (Lipinski definition) is 2. The molecule has 13 heavy (non-hydrogen) atoms. The molecule has 1 aromatic carbocycles. The lowest BCUT2D eigenvalue weighted by Crippen LogP contribution is -2.11. The molecule has 2 nitrogen and oxygen atoms in total. The first-order valence-electron chi connectivity index (χ1n) is 4.11. The summed E-state index contributed by atoms with van der Waals surface area (Å²) < 4.78 is 0. The molecule has 1 N–H and O–H groups in total. The van der Waals surface area contributed by atoms with Crippen LogP contribution in [0.2, 0.25) is 0 Å². The van der Waals surface area contributed by atoms with Crippen molar-refractivity contribution in [3.63, 3.8) is 0 Å². The van der Waals surface area contributed by atoms with Crippen molar-refractivity contribution in [1.29, 1.82) is 0 Å². The summed E-state index contributed by atoms with van der Waals surface area (Å²) in [5.41, 5.74) is 2.29. The van der Waals surface area contributed by atoms with Crippen LogP contribution in [-0.2, 0) is 0 Å². The van der Waals surface area contributed by atoms with Crippen LogP contribution in [0.15, 0.2) is 23.1 Å². The van der Waals surface area contributed by atoms with E-state index in [-0.39, 0.29) is 5.24 Å². The first kappa shape index (κ1) is 10.1. The molecule has 0 saturated carbocycles. The Bertz CT molecular complexity index is 302. The van der Waals surface area contributed by atoms with E-state index in [1.165, 1.54) is 11.8 Å². The molecule has 0 aliphatic heterocycles. The van der Waals surface area contributed by atoms with Gasteiger partial charge in [-0.25, -0.2) is 0 Å². The van der Waals surface area contributed by atoms with Gasteiger partial charge in [-0.05, 0) is 36.7 Å². The van der Waals surface area contributed by atoms with Gasteiger partial charge in [0.15, 0.2) is 0 Å². The lowest BCUT2D eigenvalue weighted by Gasteiger charge is -2.06. The fourth-order valence-corrected chi connectivity index (χ4v) is 1.85. The molecule has 1 amide bonds. The normalized spacial score (nSPS) is 9.77. The van der Waals surface area contributed by atoms with E-state index in [1.54, 1.807) is 7.05 Å². The van der Waals surface area contributed by atoms with E-state index in [0.29, 0.717) is 0 Å². The quantitative estimate of drug-likeness (QED) is 0.698. The van der Waals surface area contributed by atoms with Gasteiger partial charge in [-0.2, -0.15) is 0 Å². The van der Waals surface area contributed by atoms with Gasteiger partial charge >= 0.3 is 0 Å². The first-order valence-corrected chi connectivity index (χ1v) is 4.92. The zero-order valence-electron chi connectivity index (χ0n) is 8.05. The van der Waals surface area contributed by atoms with Gasteiger partial charge in [0.2, 0.25) is 0 Å². The SMILES string of the molecule is CNC(=O)Sc1c(C)cccc1C. The number of benzene rings is 1. The Labute approximate surface area is 82.7 Å². The number of rotatable bonds is 1. The largest absolute Gasteiger partial charge is 0.350 e. The molecule has 1 rings (SSSR count). The second-order valence-corrected chi connectivity index (χ2v) is 3.84. The summed E-state index contributed by atoms with van der Waals surface area (Å²) in [6.45, 7) is 4.02. The van der Waals surface area contributed by atoms with E-state index in [9.17, 15) is 4.79 Å². The lowest BCUT2D eigenvalue weighted by molar-refractivity contribution is 0.262. The van der Waals surface area contributed by atoms with Gasteiger partial charge < -0.3 is 5.32 Å². The van der Waals surface area contributed by atoms with Gasteiger partial charge in [-0.15, -0.1) is 0 Å². The predicted octanol–water partition coefficient (Wildman–Crippen LogP) is 2.73. The average molecular weight is 195 g/mol. The second kappa shape index (κ2) is 4.33. The van der Waals surface area contributed by atoms with Crippen LogP contribution in [0, 0.1) is 13.8 Å². The third-order valence-electron chi connectivity index (χ3n) is 1.81. The van der Waals surface area contributed by atoms with Gasteiger partial charge in [-0.1, -0.05) is 18.2 Å². The van der Waals surface area contributed by atoms with Crippen molar-refractivity contribution >= 4 is 17.0 Å². The van der Waals surface area contributed by atoms with Crippen LogP contribution in [0.4, 0.5) is 4.79 Å². The van der Waals surface area contributed by atoms with Crippen molar-refractivity contribution in [3.8, 4) is 0 Å². The molecule has 0 atom stereocenters. The minimum atomic E-state index is -0.0163. The maximum Gasteiger partial charge on any atom is 0.283 e. The van der Waals surface area contributed by atoms with Crippen molar-refractivity contribution in [1.82, 2.24) is 5.32 Å². The summed E-state index contributed by atoms with van der Waals surface area (Å²) in [5.74, 6) is 0. The number of amides is 1. The number of nitrogens with one attached hydrogen (secondary N) is 1. The molecule has 3 heteroatoms. The van der Waals surface area contributed by atoms with Crippen molar-refractivity contribution in [2.45, 2.75) is 18.7 Å². The van der Waals surface area contributed by atoms with E-state index in [1.807, 2.05) is 32.0 Å². The van der Waals surface area contributed by atoms with Gasteiger partial charge in [-0.3, -0.25) is 4.79 Å². The molecule has 0 aliphatic rings. The van der Waals surface area contributed by atoms with Crippen LogP contribution in [0.5, 0.6) is 0 Å². The molecule has 1 aromatic rings. The Morgan fingerprint density at radius 2 is 1.85 bits per heavy atom. The summed E-state index contributed by atoms with van der Waals surface area (Å²) in [6.07, 6.45) is 0. The van der Waals surface area contributed by atoms with Crippen molar-refractivity contribution in [2.24, 2.45) is 0 Å². The highest BCUT2D eigenvalue weighted by Gasteiger charge is 2.06. The number of hydrogen-bond donors (Lipinski definition) is 1. The third-order valence-corrected chi connectivity index (χ3v) is 3.05. The summed E-state index contributed by atoms with van der Waals surface area (Å²) in [4.78, 5) is 12.2. The molecule has 0 aromatic heterocycles. The lowest BCUT2D eigenvalue weighted by atomic mass is 10.2. The summed E-state index contributed by atoms with van der Waals surface area (Å²) in [5, 5.41) is 2.58. The highest BCUT2D eigenvalue weighted by atomic mass is 32.2. The summed E-state index contributed by atoms with van der Waals surface area (Å²) in [7, 11) is 1.64. The molecule has 0 aliphatic carbocycles. The van der Waals surface area contributed by atoms with Crippen LogP contribution in [0.25, 0.3) is 0 Å². The standard InChI is InChI=1S/C10H13NOS/c1-7-5-4-6-8(2)9(7)13-10(12)11-3/h4-6H,1-3H3,(H,11,12). The molecule has 0 radical (unpaired) electrons. The molecule has 70 valence electrons. The second-order valence-electron chi connectivity index (χ2n) is 2.86. The van der Waals surface area contributed by atoms with Crippen LogP contribution in [0.3, 0.4) is 0 Å². The zero-order valence-corrected chi connectivity index (χ0v) is 8.87. The van der Waals surface area contributed by atoms with Crippen LogP contribution < -0.4 is 5.32 Å². The Balaban J connectivity index is 2.93. The van der Waals surface area contributed by atoms with E-state index >= 15 is 0 Å². The van der Waals surface area contributed by atoms with Crippen LogP contribution >= 0.6 is 11.8 Å². The molecule has 0 heterocycles. The Morgan fingerprint density at radius 3 is 2.31 bits per heavy atom. The van der Waals surface area contributed by atoms with E-state index in [2.05, 4.69) is 5.32 Å². The predicted molar refractivity (Wildman–Crippen MR) is 56.2 cm³/mol. The highest BCUT2D eigenvalue weighted by Crippen LogP contribution is 2.26. The monoisotopic (exact) mass is 195 g/mol. The Hall–Kier alpha value is -0.960. The van der Waals surface area contributed by atoms with E-state index in [4.69, 9.17) is 0 Å². The van der Waals surface area contributed by atoms with Crippen molar-refractivity contribution < 1.29 is 4.79 Å². The average Bonchev–Trinajstić information content (AvgIpc) is 2.11. The molecule has 0 saturated heterocycles. The van der Waals surface area contributed by atoms with Gasteiger partial charge in [0.05, 0.1) is 0 Å². The van der Waals surface area contributed by atoms with Crippen molar-refractivity contribution in [2.75, 3.05) is 7.05 Å². The van der Waals surface area contributed by atoms with Crippen LogP contribution in [-0.4, -0.2) is 12.3 Å². The van der Waals surface area contributed by atoms with E-state index in [0.717, 1.165) is 16.0 Å². The minimum Gasteiger partial charge on any atom is -0.350 e. The maximum absolute atomic E-state index is 11.1. The summed E-state index contributed by atoms with van der Waals surface area (Å²) in [6, 6.07) is 6.02. The Morgan fingerprint density at radius 1 is 1.31 bits per heavy atom. The fourth-order valence-electron chi connectivity index (χ4n) is 1.10. The molecule has 0 unspecified atom stereocenters. The van der Waals surface area contributed by atoms with Gasteiger partial charge in [0.25, 0.3) is 5.24 Å². The molecular formula is C10H13NOS. The number of thioether (sulfide) groups is 1. The fraction of sp³-hybridized carbons (Fsp3) is 0.300.